The van der Waals surface area contributed by atoms with Crippen LogP contribution in [0.15, 0.2) is 0 Å². The molecule has 2 aliphatic heterocycles. The van der Waals surface area contributed by atoms with Gasteiger partial charge in [0.25, 0.3) is 0 Å². The number of nitrogens with zero attached hydrogens (tertiary/aromatic N) is 2. The van der Waals surface area contributed by atoms with Crippen LogP contribution in [-0.4, -0.2) is 48.1 Å². The molecule has 0 aromatic carbocycles. The van der Waals surface area contributed by atoms with Crippen LogP contribution in [-0.2, 0) is 0 Å². The Hall–Kier alpha value is -0.770. The minimum absolute atomic E-state index is 0.157. The zero-order valence-electron chi connectivity index (χ0n) is 11.1. The molecule has 2 rings (SSSR count). The molecule has 0 aliphatic carbocycles. The number of piperidine rings is 2. The summed E-state index contributed by atoms with van der Waals surface area (Å²) in [6.07, 6.45) is 3.43. The molecule has 0 saturated carbocycles. The smallest absolute Gasteiger partial charge is 0.320 e. The van der Waals surface area contributed by atoms with Crippen molar-refractivity contribution in [3.63, 3.8) is 0 Å². The second kappa shape index (κ2) is 5.25. The van der Waals surface area contributed by atoms with E-state index in [1.807, 2.05) is 9.80 Å². The van der Waals surface area contributed by atoms with E-state index in [2.05, 4.69) is 13.8 Å². The Morgan fingerprint density at radius 2 is 1.82 bits per heavy atom. The van der Waals surface area contributed by atoms with Crippen LogP contribution < -0.4 is 5.73 Å². The van der Waals surface area contributed by atoms with Crippen LogP contribution in [0.25, 0.3) is 0 Å². The van der Waals surface area contributed by atoms with Gasteiger partial charge >= 0.3 is 6.03 Å². The van der Waals surface area contributed by atoms with Crippen LogP contribution in [0.5, 0.6) is 0 Å². The number of urea groups is 1. The second-order valence-electron chi connectivity index (χ2n) is 5.98. The summed E-state index contributed by atoms with van der Waals surface area (Å²) in [5.41, 5.74) is 6.00. The number of amides is 2. The minimum atomic E-state index is 0.157. The Labute approximate surface area is 104 Å². The van der Waals surface area contributed by atoms with Crippen LogP contribution >= 0.6 is 0 Å². The number of likely N-dealkylation sites (tertiary alicyclic amines) is 2. The zero-order valence-corrected chi connectivity index (χ0v) is 11.1. The molecule has 0 aromatic rings. The monoisotopic (exact) mass is 239 g/mol. The molecule has 3 atom stereocenters. The maximum Gasteiger partial charge on any atom is 0.320 e. The molecule has 2 amide bonds. The third-order valence-electron chi connectivity index (χ3n) is 3.89. The standard InChI is InChI=1S/C13H25N3O/c1-10-4-3-5-15(7-10)13(17)16-8-11(2)6-12(14)9-16/h10-12H,3-9,14H2,1-2H3. The van der Waals surface area contributed by atoms with Crippen molar-refractivity contribution in [3.8, 4) is 0 Å². The average molecular weight is 239 g/mol. The van der Waals surface area contributed by atoms with E-state index in [4.69, 9.17) is 5.73 Å². The fourth-order valence-corrected chi connectivity index (χ4v) is 3.12. The lowest BCUT2D eigenvalue weighted by Crippen LogP contribution is -2.54. The van der Waals surface area contributed by atoms with Crippen LogP contribution in [0.1, 0.15) is 33.1 Å². The highest BCUT2D eigenvalue weighted by atomic mass is 16.2. The lowest BCUT2D eigenvalue weighted by molar-refractivity contribution is 0.109. The number of carbonyl (C=O) groups excluding carboxylic acids is 1. The van der Waals surface area contributed by atoms with Gasteiger partial charge in [-0.1, -0.05) is 13.8 Å². The lowest BCUT2D eigenvalue weighted by Gasteiger charge is -2.40. The summed E-state index contributed by atoms with van der Waals surface area (Å²) in [7, 11) is 0. The third-order valence-corrected chi connectivity index (χ3v) is 3.89. The summed E-state index contributed by atoms with van der Waals surface area (Å²) in [6, 6.07) is 0.364. The molecule has 4 nitrogen and oxygen atoms in total. The van der Waals surface area contributed by atoms with Gasteiger partial charge in [-0.3, -0.25) is 0 Å². The largest absolute Gasteiger partial charge is 0.326 e. The Morgan fingerprint density at radius 3 is 2.47 bits per heavy atom. The fourth-order valence-electron chi connectivity index (χ4n) is 3.12. The predicted octanol–water partition coefficient (Wildman–Crippen LogP) is 1.51. The van der Waals surface area contributed by atoms with Crippen LogP contribution in [0, 0.1) is 11.8 Å². The summed E-state index contributed by atoms with van der Waals surface area (Å²) in [6.45, 7) is 7.84. The summed E-state index contributed by atoms with van der Waals surface area (Å²) < 4.78 is 0. The first-order valence-corrected chi connectivity index (χ1v) is 6.85. The highest BCUT2D eigenvalue weighted by molar-refractivity contribution is 5.74. The highest BCUT2D eigenvalue weighted by Gasteiger charge is 2.30. The molecule has 3 unspecified atom stereocenters. The van der Waals surface area contributed by atoms with Gasteiger partial charge in [-0.05, 0) is 31.1 Å². The van der Waals surface area contributed by atoms with E-state index in [-0.39, 0.29) is 12.1 Å². The molecule has 98 valence electrons. The normalized spacial score (nSPS) is 34.9. The predicted molar refractivity (Wildman–Crippen MR) is 68.7 cm³/mol. The number of hydrogen-bond donors (Lipinski definition) is 1. The quantitative estimate of drug-likeness (QED) is 0.696. The summed E-state index contributed by atoms with van der Waals surface area (Å²) >= 11 is 0. The van der Waals surface area contributed by atoms with Crippen molar-refractivity contribution in [2.75, 3.05) is 26.2 Å². The van der Waals surface area contributed by atoms with Crippen molar-refractivity contribution in [1.82, 2.24) is 9.80 Å². The molecule has 2 N–H and O–H groups in total. The number of rotatable bonds is 0. The van der Waals surface area contributed by atoms with Gasteiger partial charge in [0.1, 0.15) is 0 Å². The molecule has 4 heteroatoms. The van der Waals surface area contributed by atoms with Crippen molar-refractivity contribution in [1.29, 1.82) is 0 Å². The van der Waals surface area contributed by atoms with E-state index in [1.54, 1.807) is 0 Å². The Bertz CT molecular complexity index is 272. The summed E-state index contributed by atoms with van der Waals surface area (Å²) in [5.74, 6) is 1.17. The van der Waals surface area contributed by atoms with Crippen LogP contribution in [0.2, 0.25) is 0 Å². The SMILES string of the molecule is CC1CCCN(C(=O)N2CC(C)CC(N)C2)C1. The molecule has 0 spiro atoms. The summed E-state index contributed by atoms with van der Waals surface area (Å²) in [4.78, 5) is 16.4. The number of hydrogen-bond acceptors (Lipinski definition) is 2. The first-order chi connectivity index (χ1) is 8.06. The maximum atomic E-state index is 12.4. The lowest BCUT2D eigenvalue weighted by atomic mass is 9.96. The van der Waals surface area contributed by atoms with Gasteiger partial charge in [-0.2, -0.15) is 0 Å². The van der Waals surface area contributed by atoms with Crippen molar-refractivity contribution in [3.05, 3.63) is 0 Å². The van der Waals surface area contributed by atoms with E-state index < -0.39 is 0 Å². The molecule has 0 radical (unpaired) electrons. The van der Waals surface area contributed by atoms with E-state index in [0.717, 1.165) is 39.0 Å². The van der Waals surface area contributed by atoms with Gasteiger partial charge in [0, 0.05) is 32.2 Å². The minimum Gasteiger partial charge on any atom is -0.326 e. The van der Waals surface area contributed by atoms with Crippen LogP contribution in [0.4, 0.5) is 4.79 Å². The van der Waals surface area contributed by atoms with Crippen molar-refractivity contribution in [2.24, 2.45) is 17.6 Å². The fraction of sp³-hybridized carbons (Fsp3) is 0.923. The summed E-state index contributed by atoms with van der Waals surface area (Å²) in [5, 5.41) is 0. The van der Waals surface area contributed by atoms with Crippen molar-refractivity contribution in [2.45, 2.75) is 39.2 Å². The van der Waals surface area contributed by atoms with Gasteiger partial charge in [-0.15, -0.1) is 0 Å². The molecule has 2 heterocycles. The molecule has 2 saturated heterocycles. The number of carbonyl (C=O) groups is 1. The Balaban J connectivity index is 1.94. The number of nitrogens with two attached hydrogens (primary N) is 1. The first kappa shape index (κ1) is 12.7. The van der Waals surface area contributed by atoms with E-state index in [9.17, 15) is 4.79 Å². The molecular weight excluding hydrogens is 214 g/mol. The van der Waals surface area contributed by atoms with Gasteiger partial charge in [-0.25, -0.2) is 4.79 Å². The van der Waals surface area contributed by atoms with Crippen molar-refractivity contribution < 1.29 is 4.79 Å². The van der Waals surface area contributed by atoms with Crippen LogP contribution in [0.3, 0.4) is 0 Å². The second-order valence-corrected chi connectivity index (χ2v) is 5.98. The molecule has 2 aliphatic rings. The third kappa shape index (κ3) is 3.12. The molecule has 17 heavy (non-hydrogen) atoms. The molecule has 0 aromatic heterocycles. The first-order valence-electron chi connectivity index (χ1n) is 6.85. The maximum absolute atomic E-state index is 12.4. The van der Waals surface area contributed by atoms with Gasteiger partial charge in [0.2, 0.25) is 0 Å². The highest BCUT2D eigenvalue weighted by Crippen LogP contribution is 2.20. The Morgan fingerprint density at radius 1 is 1.12 bits per heavy atom. The zero-order chi connectivity index (χ0) is 12.4. The topological polar surface area (TPSA) is 49.6 Å². The van der Waals surface area contributed by atoms with E-state index >= 15 is 0 Å². The van der Waals surface area contributed by atoms with E-state index in [1.165, 1.54) is 6.42 Å². The molecular formula is C13H25N3O. The van der Waals surface area contributed by atoms with Gasteiger partial charge in [0.05, 0.1) is 0 Å². The van der Waals surface area contributed by atoms with Gasteiger partial charge < -0.3 is 15.5 Å². The van der Waals surface area contributed by atoms with E-state index in [0.29, 0.717) is 11.8 Å². The average Bonchev–Trinajstić information content (AvgIpc) is 2.26. The Kier molecular flexibility index (Phi) is 3.92. The van der Waals surface area contributed by atoms with Gasteiger partial charge in [0.15, 0.2) is 0 Å². The van der Waals surface area contributed by atoms with Crippen molar-refractivity contribution >= 4 is 6.03 Å². The molecule has 0 bridgehead atoms. The molecule has 2 fully saturated rings.